The van der Waals surface area contributed by atoms with Gasteiger partial charge in [0.05, 0.1) is 6.54 Å². The number of carbonyl (C=O) groups is 3. The summed E-state index contributed by atoms with van der Waals surface area (Å²) in [4.78, 5) is 68.5. The minimum absolute atomic E-state index is 0.00776. The molecule has 0 spiro atoms. The predicted octanol–water partition coefficient (Wildman–Crippen LogP) is 0.236. The van der Waals surface area contributed by atoms with Gasteiger partial charge in [-0.2, -0.15) is 0 Å². The van der Waals surface area contributed by atoms with Crippen molar-refractivity contribution in [3.05, 3.63) is 12.4 Å². The van der Waals surface area contributed by atoms with E-state index in [2.05, 4.69) is 30.8 Å². The number of amides is 3. The topological polar surface area (TPSA) is 199 Å². The average molecular weight is 523 g/mol. The highest BCUT2D eigenvalue weighted by atomic mass is 31.2. The number of nitrogens with one attached hydrogen (secondary N) is 4. The van der Waals surface area contributed by atoms with E-state index >= 15 is 0 Å². The Kier molecular flexibility index (Phi) is 13.5. The molecule has 4 atom stereocenters. The number of hydrogen-bond donors (Lipinski definition) is 7. The van der Waals surface area contributed by atoms with Crippen LogP contribution in [-0.4, -0.2) is 69.9 Å². The van der Waals surface area contributed by atoms with E-state index in [0.29, 0.717) is 31.6 Å². The van der Waals surface area contributed by atoms with E-state index in [0.717, 1.165) is 7.11 Å². The number of carbonyl (C=O) groups excluding carboxylic acids is 3. The number of aliphatic imine (C=N–C) groups is 1. The molecule has 0 bridgehead atoms. The highest BCUT2D eigenvalue weighted by Crippen LogP contribution is 2.56. The number of nitrogens with zero attached hydrogens (tertiary/aromatic N) is 1. The minimum Gasteiger partial charge on any atom is -0.374 e. The van der Waals surface area contributed by atoms with Gasteiger partial charge >= 0.3 is 7.60 Å². The van der Waals surface area contributed by atoms with E-state index in [4.69, 9.17) is 0 Å². The van der Waals surface area contributed by atoms with Crippen LogP contribution in [0.25, 0.3) is 0 Å². The smallest absolute Gasteiger partial charge is 0.359 e. The van der Waals surface area contributed by atoms with Crippen LogP contribution in [0, 0.1) is 5.92 Å². The van der Waals surface area contributed by atoms with Crippen LogP contribution >= 0.6 is 16.0 Å². The second-order valence-electron chi connectivity index (χ2n) is 8.12. The second kappa shape index (κ2) is 15.2. The van der Waals surface area contributed by atoms with Crippen LogP contribution in [0.5, 0.6) is 0 Å². The Morgan fingerprint density at radius 3 is 2.47 bits per heavy atom. The van der Waals surface area contributed by atoms with Gasteiger partial charge < -0.3 is 40.5 Å². The fourth-order valence-electron chi connectivity index (χ4n) is 3.15. The van der Waals surface area contributed by atoms with E-state index < -0.39 is 33.4 Å². The molecule has 3 amide bonds. The minimum atomic E-state index is -4.40. The van der Waals surface area contributed by atoms with Gasteiger partial charge in [0.1, 0.15) is 6.04 Å². The Morgan fingerprint density at radius 2 is 1.91 bits per heavy atom. The molecular weight excluding hydrogens is 488 g/mol. The van der Waals surface area contributed by atoms with Crippen molar-refractivity contribution < 1.29 is 38.2 Å². The molecule has 1 aliphatic heterocycles. The van der Waals surface area contributed by atoms with Gasteiger partial charge in [-0.3, -0.25) is 23.9 Å². The molecule has 1 heterocycles. The fraction of sp³-hybridized carbons (Fsp3) is 0.684. The molecule has 1 aliphatic rings. The van der Waals surface area contributed by atoms with E-state index in [-0.39, 0.29) is 30.8 Å². The lowest BCUT2D eigenvalue weighted by Crippen LogP contribution is -2.48. The third kappa shape index (κ3) is 11.5. The molecule has 7 N–H and O–H groups in total. The molecule has 0 aromatic rings. The summed E-state index contributed by atoms with van der Waals surface area (Å²) in [5.41, 5.74) is -1.78. The van der Waals surface area contributed by atoms with Gasteiger partial charge in [-0.25, -0.2) is 0 Å². The quantitative estimate of drug-likeness (QED) is 0.116. The summed E-state index contributed by atoms with van der Waals surface area (Å²) in [6.45, 7) is 3.85. The van der Waals surface area contributed by atoms with Crippen molar-refractivity contribution >= 4 is 39.9 Å². The third-order valence-corrected chi connectivity index (χ3v) is 8.12. The van der Waals surface area contributed by atoms with Gasteiger partial charge in [0.15, 0.2) is 0 Å². The highest BCUT2D eigenvalue weighted by molar-refractivity contribution is 7.68. The Morgan fingerprint density at radius 1 is 1.21 bits per heavy atom. The van der Waals surface area contributed by atoms with Gasteiger partial charge in [-0.15, -0.1) is 0 Å². The van der Waals surface area contributed by atoms with E-state index in [9.17, 15) is 33.6 Å². The molecule has 15 heteroatoms. The second-order valence-corrected chi connectivity index (χ2v) is 11.7. The van der Waals surface area contributed by atoms with Crippen molar-refractivity contribution in [1.82, 2.24) is 21.3 Å². The molecule has 0 aromatic heterocycles. The maximum atomic E-state index is 12.3. The van der Waals surface area contributed by atoms with Crippen LogP contribution in [0.1, 0.15) is 46.0 Å². The van der Waals surface area contributed by atoms with E-state index in [1.54, 1.807) is 0 Å². The summed E-state index contributed by atoms with van der Waals surface area (Å²) in [5.74, 6) is -1.02. The number of rotatable bonds is 15. The molecule has 4 unspecified atom stereocenters. The number of hydrogen-bond acceptors (Lipinski definition) is 9. The van der Waals surface area contributed by atoms with Crippen molar-refractivity contribution in [1.29, 1.82) is 0 Å². The van der Waals surface area contributed by atoms with Crippen molar-refractivity contribution in [2.24, 2.45) is 10.9 Å². The van der Waals surface area contributed by atoms with E-state index in [1.807, 2.05) is 13.8 Å². The zero-order valence-corrected chi connectivity index (χ0v) is 21.3. The lowest BCUT2D eigenvalue weighted by molar-refractivity contribution is -0.126. The molecule has 0 fully saturated rings. The Hall–Kier alpha value is -1.88. The van der Waals surface area contributed by atoms with Crippen molar-refractivity contribution in [2.45, 2.75) is 63.6 Å². The fourth-order valence-corrected chi connectivity index (χ4v) is 5.24. The average Bonchev–Trinajstić information content (AvgIpc) is 2.78. The van der Waals surface area contributed by atoms with Gasteiger partial charge in [-0.1, -0.05) is 20.3 Å². The molecule has 0 saturated heterocycles. The monoisotopic (exact) mass is 523 g/mol. The van der Waals surface area contributed by atoms with Gasteiger partial charge in [0.25, 0.3) is 0 Å². The summed E-state index contributed by atoms with van der Waals surface area (Å²) >= 11 is 0. The van der Waals surface area contributed by atoms with Crippen LogP contribution in [0.15, 0.2) is 17.4 Å². The van der Waals surface area contributed by atoms with Crippen LogP contribution < -0.4 is 21.3 Å². The summed E-state index contributed by atoms with van der Waals surface area (Å²) in [6, 6.07) is -0.793. The van der Waals surface area contributed by atoms with Crippen molar-refractivity contribution in [3.8, 4) is 0 Å². The Balaban J connectivity index is 2.44. The maximum Gasteiger partial charge on any atom is 0.359 e. The van der Waals surface area contributed by atoms with Crippen LogP contribution in [0.3, 0.4) is 0 Å². The molecule has 13 nitrogen and oxygen atoms in total. The zero-order chi connectivity index (χ0) is 25.7. The van der Waals surface area contributed by atoms with Crippen LogP contribution in [0.4, 0.5) is 0 Å². The van der Waals surface area contributed by atoms with E-state index in [1.165, 1.54) is 18.6 Å². The lowest BCUT2D eigenvalue weighted by Gasteiger charge is -2.23. The third-order valence-electron chi connectivity index (χ3n) is 4.78. The molecule has 0 radical (unpaired) electrons. The molecule has 0 aromatic carbocycles. The first-order valence-corrected chi connectivity index (χ1v) is 13.8. The Labute approximate surface area is 200 Å². The van der Waals surface area contributed by atoms with Crippen molar-refractivity contribution in [3.63, 3.8) is 0 Å². The standard InChI is InChI=1S/C19H35N5O8P2/c1-13(2)10-14(23-17(26)12-22-18(27)15-11-20-8-9-21-15)6-4-5-7-16(25)24-19(33(28)29)34(30,31)32-3/h8-9,11,13-15,19,21,28-29H,4-7,10,12H2,1-3H3,(H,22,27)(H,23,26)(H,24,25)(H,30,31). The maximum absolute atomic E-state index is 12.3. The normalized spacial score (nSPS) is 18.6. The zero-order valence-electron chi connectivity index (χ0n) is 19.5. The predicted molar refractivity (Wildman–Crippen MR) is 128 cm³/mol. The van der Waals surface area contributed by atoms with Crippen LogP contribution in [0.2, 0.25) is 0 Å². The number of unbranched alkanes of at least 4 members (excludes halogenated alkanes) is 1. The first-order valence-electron chi connectivity index (χ1n) is 10.8. The molecule has 0 saturated carbocycles. The SMILES string of the molecule is COP(=O)(O)C(NC(=O)CCCCC(CC(C)C)NC(=O)CNC(=O)C1C=NC=CN1)P(O)O. The Bertz CT molecular complexity index is 793. The van der Waals surface area contributed by atoms with Crippen LogP contribution in [-0.2, 0) is 23.5 Å². The van der Waals surface area contributed by atoms with Crippen molar-refractivity contribution in [2.75, 3.05) is 13.7 Å². The largest absolute Gasteiger partial charge is 0.374 e. The summed E-state index contributed by atoms with van der Waals surface area (Å²) in [5, 5.41) is 10.4. The highest BCUT2D eigenvalue weighted by Gasteiger charge is 2.38. The molecule has 1 rings (SSSR count). The summed E-state index contributed by atoms with van der Waals surface area (Å²) in [6.07, 6.45) is 6.75. The summed E-state index contributed by atoms with van der Waals surface area (Å²) in [7, 11) is -6.38. The first kappa shape index (κ1) is 30.2. The van der Waals surface area contributed by atoms with Gasteiger partial charge in [0.2, 0.25) is 31.6 Å². The molecule has 194 valence electrons. The lowest BCUT2D eigenvalue weighted by atomic mass is 9.98. The molecular formula is C19H35N5O8P2. The first-order chi connectivity index (χ1) is 16.0. The molecule has 0 aliphatic carbocycles. The van der Waals surface area contributed by atoms with Gasteiger partial charge in [0, 0.05) is 38.2 Å². The van der Waals surface area contributed by atoms with Gasteiger partial charge in [-0.05, 0) is 25.2 Å². The molecule has 34 heavy (non-hydrogen) atoms. The summed E-state index contributed by atoms with van der Waals surface area (Å²) < 4.78 is 16.2.